The monoisotopic (exact) mass is 331 g/mol. The topological polar surface area (TPSA) is 55.2 Å². The van der Waals surface area contributed by atoms with Crippen molar-refractivity contribution in [3.8, 4) is 0 Å². The largest absolute Gasteiger partial charge is 0.333 e. The molecular weight excluding hydrogens is 310 g/mol. The first kappa shape index (κ1) is 15.9. The molecule has 1 aliphatic rings. The second-order valence-corrected chi connectivity index (χ2v) is 8.05. The van der Waals surface area contributed by atoms with E-state index in [9.17, 15) is 9.59 Å². The fraction of sp³-hybridized carbons (Fsp3) is 0.471. The summed E-state index contributed by atoms with van der Waals surface area (Å²) in [5, 5.41) is 4.28. The molecule has 6 heteroatoms. The van der Waals surface area contributed by atoms with Crippen LogP contribution in [0.4, 0.5) is 0 Å². The Hall–Kier alpha value is -1.95. The molecule has 3 heterocycles. The predicted molar refractivity (Wildman–Crippen MR) is 90.9 cm³/mol. The first-order chi connectivity index (χ1) is 10.8. The Morgan fingerprint density at radius 2 is 2.04 bits per heavy atom. The predicted octanol–water partition coefficient (Wildman–Crippen LogP) is 2.34. The minimum atomic E-state index is -0.135. The Balaban J connectivity index is 1.83. The second-order valence-electron chi connectivity index (χ2n) is 6.97. The SMILES string of the molecule is Cn1nc2c(cc1=O)CN(C(=O)c1ccc(C(C)(C)C)s1)CC2. The van der Waals surface area contributed by atoms with Gasteiger partial charge < -0.3 is 4.90 Å². The van der Waals surface area contributed by atoms with Crippen LogP contribution in [0, 0.1) is 0 Å². The quantitative estimate of drug-likeness (QED) is 0.806. The molecule has 0 radical (unpaired) electrons. The molecule has 1 amide bonds. The standard InChI is InChI=1S/C17H21N3O2S/c1-17(2,3)14-6-5-13(23-14)16(22)20-8-7-12-11(10-20)9-15(21)19(4)18-12/h5-6,9H,7-8,10H2,1-4H3. The summed E-state index contributed by atoms with van der Waals surface area (Å²) in [4.78, 5) is 28.3. The number of rotatable bonds is 1. The van der Waals surface area contributed by atoms with E-state index in [1.54, 1.807) is 24.5 Å². The molecule has 0 saturated heterocycles. The Morgan fingerprint density at radius 3 is 2.70 bits per heavy atom. The maximum Gasteiger partial charge on any atom is 0.266 e. The normalized spacial score (nSPS) is 14.7. The summed E-state index contributed by atoms with van der Waals surface area (Å²) >= 11 is 1.56. The first-order valence-corrected chi connectivity index (χ1v) is 8.53. The van der Waals surface area contributed by atoms with Gasteiger partial charge in [-0.3, -0.25) is 9.59 Å². The van der Waals surface area contributed by atoms with Crippen LogP contribution < -0.4 is 5.56 Å². The lowest BCUT2D eigenvalue weighted by Gasteiger charge is -2.27. The van der Waals surface area contributed by atoms with Gasteiger partial charge in [-0.25, -0.2) is 4.68 Å². The summed E-state index contributed by atoms with van der Waals surface area (Å²) in [7, 11) is 1.65. The number of fused-ring (bicyclic) bond motifs is 1. The number of carbonyl (C=O) groups is 1. The summed E-state index contributed by atoms with van der Waals surface area (Å²) in [6.07, 6.45) is 0.687. The molecule has 23 heavy (non-hydrogen) atoms. The van der Waals surface area contributed by atoms with Gasteiger partial charge in [-0.05, 0) is 17.5 Å². The fourth-order valence-corrected chi connectivity index (χ4v) is 3.71. The Morgan fingerprint density at radius 1 is 1.30 bits per heavy atom. The van der Waals surface area contributed by atoms with E-state index in [0.29, 0.717) is 19.5 Å². The average molecular weight is 331 g/mol. The number of aromatic nitrogens is 2. The van der Waals surface area contributed by atoms with Gasteiger partial charge in [-0.1, -0.05) is 20.8 Å². The molecule has 1 aliphatic heterocycles. The zero-order chi connectivity index (χ0) is 16.8. The van der Waals surface area contributed by atoms with Crippen LogP contribution in [-0.4, -0.2) is 27.1 Å². The van der Waals surface area contributed by atoms with Crippen LogP contribution in [-0.2, 0) is 25.4 Å². The number of carbonyl (C=O) groups excluding carboxylic acids is 1. The van der Waals surface area contributed by atoms with E-state index in [1.165, 1.54) is 9.56 Å². The number of hydrogen-bond donors (Lipinski definition) is 0. The first-order valence-electron chi connectivity index (χ1n) is 7.71. The van der Waals surface area contributed by atoms with Gasteiger partial charge in [-0.15, -0.1) is 11.3 Å². The van der Waals surface area contributed by atoms with Crippen LogP contribution in [0.5, 0.6) is 0 Å². The van der Waals surface area contributed by atoms with Gasteiger partial charge in [0.25, 0.3) is 11.5 Å². The molecule has 0 N–H and O–H groups in total. The minimum Gasteiger partial charge on any atom is -0.333 e. The van der Waals surface area contributed by atoms with E-state index < -0.39 is 0 Å². The van der Waals surface area contributed by atoms with E-state index in [4.69, 9.17) is 0 Å². The van der Waals surface area contributed by atoms with Gasteiger partial charge in [0.1, 0.15) is 0 Å². The van der Waals surface area contributed by atoms with Gasteiger partial charge in [-0.2, -0.15) is 5.10 Å². The molecule has 2 aromatic rings. The molecule has 0 aliphatic carbocycles. The molecule has 0 bridgehead atoms. The summed E-state index contributed by atoms with van der Waals surface area (Å²) in [5.41, 5.74) is 1.69. The lowest BCUT2D eigenvalue weighted by Crippen LogP contribution is -2.37. The highest BCUT2D eigenvalue weighted by Gasteiger charge is 2.26. The molecular formula is C17H21N3O2S. The molecule has 0 atom stereocenters. The molecule has 0 aromatic carbocycles. The van der Waals surface area contributed by atoms with Gasteiger partial charge in [0, 0.05) is 43.1 Å². The van der Waals surface area contributed by atoms with Gasteiger partial charge in [0.05, 0.1) is 10.6 Å². The highest BCUT2D eigenvalue weighted by atomic mass is 32.1. The second kappa shape index (κ2) is 5.60. The third kappa shape index (κ3) is 3.08. The zero-order valence-electron chi connectivity index (χ0n) is 13.9. The van der Waals surface area contributed by atoms with Crippen LogP contribution >= 0.6 is 11.3 Å². The van der Waals surface area contributed by atoms with E-state index in [1.807, 2.05) is 17.0 Å². The lowest BCUT2D eigenvalue weighted by molar-refractivity contribution is 0.0737. The lowest BCUT2D eigenvalue weighted by atomic mass is 9.95. The summed E-state index contributed by atoms with van der Waals surface area (Å²) in [6.45, 7) is 7.53. The van der Waals surface area contributed by atoms with Crippen molar-refractivity contribution < 1.29 is 4.79 Å². The van der Waals surface area contributed by atoms with E-state index in [0.717, 1.165) is 16.1 Å². The highest BCUT2D eigenvalue weighted by molar-refractivity contribution is 7.14. The molecule has 0 fully saturated rings. The molecule has 0 saturated carbocycles. The van der Waals surface area contributed by atoms with E-state index in [-0.39, 0.29) is 16.9 Å². The van der Waals surface area contributed by atoms with Crippen molar-refractivity contribution in [3.05, 3.63) is 49.6 Å². The third-order valence-corrected chi connectivity index (χ3v) is 5.58. The van der Waals surface area contributed by atoms with Crippen LogP contribution in [0.1, 0.15) is 46.6 Å². The number of aryl methyl sites for hydroxylation is 1. The zero-order valence-corrected chi connectivity index (χ0v) is 14.7. The smallest absolute Gasteiger partial charge is 0.266 e. The number of nitrogens with zero attached hydrogens (tertiary/aromatic N) is 3. The van der Waals surface area contributed by atoms with Crippen molar-refractivity contribution in [2.45, 2.75) is 39.2 Å². The van der Waals surface area contributed by atoms with Crippen LogP contribution in [0.25, 0.3) is 0 Å². The van der Waals surface area contributed by atoms with Crippen molar-refractivity contribution in [3.63, 3.8) is 0 Å². The van der Waals surface area contributed by atoms with Crippen molar-refractivity contribution in [1.82, 2.24) is 14.7 Å². The summed E-state index contributed by atoms with van der Waals surface area (Å²) in [6, 6.07) is 5.54. The fourth-order valence-electron chi connectivity index (χ4n) is 2.68. The summed E-state index contributed by atoms with van der Waals surface area (Å²) < 4.78 is 1.35. The molecule has 3 rings (SSSR count). The van der Waals surface area contributed by atoms with E-state index >= 15 is 0 Å². The molecule has 122 valence electrons. The Labute approximate surface area is 139 Å². The van der Waals surface area contributed by atoms with Crippen molar-refractivity contribution in [2.24, 2.45) is 7.05 Å². The molecule has 5 nitrogen and oxygen atoms in total. The maximum atomic E-state index is 12.7. The van der Waals surface area contributed by atoms with Gasteiger partial charge in [0.15, 0.2) is 0 Å². The summed E-state index contributed by atoms with van der Waals surface area (Å²) in [5.74, 6) is 0.0387. The molecule has 0 unspecified atom stereocenters. The van der Waals surface area contributed by atoms with Crippen LogP contribution in [0.2, 0.25) is 0 Å². The average Bonchev–Trinajstić information content (AvgIpc) is 2.97. The van der Waals surface area contributed by atoms with Crippen LogP contribution in [0.3, 0.4) is 0 Å². The Bertz CT molecular complexity index is 814. The van der Waals surface area contributed by atoms with Gasteiger partial charge in [0.2, 0.25) is 0 Å². The van der Waals surface area contributed by atoms with Crippen molar-refractivity contribution >= 4 is 17.2 Å². The highest BCUT2D eigenvalue weighted by Crippen LogP contribution is 2.30. The maximum absolute atomic E-state index is 12.7. The molecule has 2 aromatic heterocycles. The van der Waals surface area contributed by atoms with E-state index in [2.05, 4.69) is 25.9 Å². The van der Waals surface area contributed by atoms with Crippen molar-refractivity contribution in [2.75, 3.05) is 6.54 Å². The minimum absolute atomic E-state index is 0.0387. The van der Waals surface area contributed by atoms with Crippen LogP contribution in [0.15, 0.2) is 23.0 Å². The third-order valence-electron chi connectivity index (χ3n) is 4.08. The number of amides is 1. The number of thiophene rings is 1. The Kier molecular flexibility index (Phi) is 3.88. The molecule has 0 spiro atoms. The number of hydrogen-bond acceptors (Lipinski definition) is 4. The van der Waals surface area contributed by atoms with Gasteiger partial charge >= 0.3 is 0 Å². The van der Waals surface area contributed by atoms with Crippen molar-refractivity contribution in [1.29, 1.82) is 0 Å².